The summed E-state index contributed by atoms with van der Waals surface area (Å²) < 4.78 is 0. The average molecular weight is 283 g/mol. The van der Waals surface area contributed by atoms with Crippen LogP contribution in [0.2, 0.25) is 10.3 Å². The second kappa shape index (κ2) is 5.20. The summed E-state index contributed by atoms with van der Waals surface area (Å²) in [6.45, 7) is 0. The van der Waals surface area contributed by atoms with Crippen LogP contribution in [0, 0.1) is 0 Å². The normalized spacial score (nSPS) is 10.1. The van der Waals surface area contributed by atoms with E-state index in [4.69, 9.17) is 28.9 Å². The molecule has 1 heterocycles. The first-order valence-electron chi connectivity index (χ1n) is 4.91. The third-order valence-corrected chi connectivity index (χ3v) is 2.54. The number of nitrogen functional groups attached to an aromatic ring is 1. The molecule has 0 fully saturated rings. The number of nitrogens with zero attached hydrogens (tertiary/aromatic N) is 2. The molecule has 0 unspecified atom stereocenters. The van der Waals surface area contributed by atoms with E-state index in [2.05, 4.69) is 15.3 Å². The summed E-state index contributed by atoms with van der Waals surface area (Å²) in [6.07, 6.45) is 1.44. The Balaban J connectivity index is 2.22. The molecule has 18 heavy (non-hydrogen) atoms. The van der Waals surface area contributed by atoms with Crippen molar-refractivity contribution in [3.8, 4) is 0 Å². The number of aromatic nitrogens is 2. The smallest absolute Gasteiger partial charge is 0.258 e. The van der Waals surface area contributed by atoms with Crippen LogP contribution < -0.4 is 11.1 Å². The number of anilines is 2. The van der Waals surface area contributed by atoms with Crippen LogP contribution in [0.25, 0.3) is 0 Å². The molecular weight excluding hydrogens is 275 g/mol. The lowest BCUT2D eigenvalue weighted by Gasteiger charge is -2.07. The SMILES string of the molecule is Nc1cc(Cl)ccc1C(=O)Nc1ccnc(Cl)n1. The van der Waals surface area contributed by atoms with Gasteiger partial charge in [0.15, 0.2) is 0 Å². The first-order chi connectivity index (χ1) is 8.56. The van der Waals surface area contributed by atoms with Gasteiger partial charge in [-0.05, 0) is 35.9 Å². The molecule has 7 heteroatoms. The van der Waals surface area contributed by atoms with Gasteiger partial charge in [0.25, 0.3) is 5.91 Å². The topological polar surface area (TPSA) is 80.9 Å². The van der Waals surface area contributed by atoms with Crippen LogP contribution in [0.4, 0.5) is 11.5 Å². The maximum Gasteiger partial charge on any atom is 0.258 e. The molecule has 0 aliphatic rings. The van der Waals surface area contributed by atoms with Gasteiger partial charge in [-0.25, -0.2) is 9.97 Å². The van der Waals surface area contributed by atoms with Crippen LogP contribution >= 0.6 is 23.2 Å². The van der Waals surface area contributed by atoms with Crippen LogP contribution in [-0.2, 0) is 0 Å². The van der Waals surface area contributed by atoms with Gasteiger partial charge in [-0.2, -0.15) is 0 Å². The van der Waals surface area contributed by atoms with Gasteiger partial charge in [0.1, 0.15) is 5.82 Å². The van der Waals surface area contributed by atoms with Crippen molar-refractivity contribution in [1.82, 2.24) is 9.97 Å². The van der Waals surface area contributed by atoms with Gasteiger partial charge in [0.05, 0.1) is 5.56 Å². The first-order valence-corrected chi connectivity index (χ1v) is 5.67. The Labute approximate surface area is 113 Å². The number of hydrogen-bond acceptors (Lipinski definition) is 4. The van der Waals surface area contributed by atoms with Crippen molar-refractivity contribution >= 4 is 40.6 Å². The summed E-state index contributed by atoms with van der Waals surface area (Å²) in [4.78, 5) is 19.5. The molecule has 92 valence electrons. The van der Waals surface area contributed by atoms with Crippen molar-refractivity contribution in [3.63, 3.8) is 0 Å². The van der Waals surface area contributed by atoms with E-state index in [0.717, 1.165) is 0 Å². The maximum absolute atomic E-state index is 11.9. The Kier molecular flexibility index (Phi) is 3.64. The van der Waals surface area contributed by atoms with Gasteiger partial charge in [-0.15, -0.1) is 0 Å². The number of carbonyl (C=O) groups excluding carboxylic acids is 1. The summed E-state index contributed by atoms with van der Waals surface area (Å²) >= 11 is 11.4. The minimum absolute atomic E-state index is 0.0527. The Hall–Kier alpha value is -1.85. The number of nitrogens with two attached hydrogens (primary N) is 1. The number of amides is 1. The molecule has 0 aliphatic heterocycles. The molecule has 5 nitrogen and oxygen atoms in total. The first kappa shape index (κ1) is 12.6. The highest BCUT2D eigenvalue weighted by molar-refractivity contribution is 6.31. The third-order valence-electron chi connectivity index (χ3n) is 2.13. The molecule has 0 aliphatic carbocycles. The van der Waals surface area contributed by atoms with E-state index in [1.807, 2.05) is 0 Å². The highest BCUT2D eigenvalue weighted by Crippen LogP contribution is 2.19. The summed E-state index contributed by atoms with van der Waals surface area (Å²) in [5, 5.41) is 3.08. The molecular formula is C11H8Cl2N4O. The van der Waals surface area contributed by atoms with Crippen LogP contribution in [0.5, 0.6) is 0 Å². The summed E-state index contributed by atoms with van der Waals surface area (Å²) in [5.74, 6) is -0.0896. The zero-order chi connectivity index (χ0) is 13.1. The molecule has 2 rings (SSSR count). The van der Waals surface area contributed by atoms with Crippen LogP contribution in [0.3, 0.4) is 0 Å². The molecule has 1 amide bonds. The third kappa shape index (κ3) is 2.88. The molecule has 0 bridgehead atoms. The van der Waals surface area contributed by atoms with Gasteiger partial charge < -0.3 is 11.1 Å². The molecule has 0 radical (unpaired) electrons. The van der Waals surface area contributed by atoms with Crippen molar-refractivity contribution in [2.75, 3.05) is 11.1 Å². The fraction of sp³-hybridized carbons (Fsp3) is 0. The molecule has 0 atom stereocenters. The second-order valence-electron chi connectivity index (χ2n) is 3.40. The predicted octanol–water partition coefficient (Wildman–Crippen LogP) is 2.62. The molecule has 0 saturated heterocycles. The molecule has 1 aromatic carbocycles. The number of carbonyl (C=O) groups is 1. The largest absolute Gasteiger partial charge is 0.398 e. The highest BCUT2D eigenvalue weighted by atomic mass is 35.5. The maximum atomic E-state index is 11.9. The van der Waals surface area contributed by atoms with Crippen LogP contribution in [0.15, 0.2) is 30.5 Å². The van der Waals surface area contributed by atoms with Gasteiger partial charge in [-0.3, -0.25) is 4.79 Å². The molecule has 2 aromatic rings. The van der Waals surface area contributed by atoms with Crippen LogP contribution in [0.1, 0.15) is 10.4 Å². The molecule has 3 N–H and O–H groups in total. The zero-order valence-electron chi connectivity index (χ0n) is 9.02. The van der Waals surface area contributed by atoms with Gasteiger partial charge in [0.2, 0.25) is 5.28 Å². The average Bonchev–Trinajstić information content (AvgIpc) is 2.28. The van der Waals surface area contributed by atoms with Crippen LogP contribution in [-0.4, -0.2) is 15.9 Å². The number of rotatable bonds is 2. The monoisotopic (exact) mass is 282 g/mol. The van der Waals surface area contributed by atoms with E-state index in [0.29, 0.717) is 22.1 Å². The number of hydrogen-bond donors (Lipinski definition) is 2. The quantitative estimate of drug-likeness (QED) is 0.655. The predicted molar refractivity (Wildman–Crippen MR) is 70.9 cm³/mol. The molecule has 0 spiro atoms. The van der Waals surface area contributed by atoms with Crippen molar-refractivity contribution < 1.29 is 4.79 Å². The number of nitrogens with one attached hydrogen (secondary N) is 1. The summed E-state index contributed by atoms with van der Waals surface area (Å²) in [5.41, 5.74) is 6.31. The summed E-state index contributed by atoms with van der Waals surface area (Å²) in [6, 6.07) is 6.15. The van der Waals surface area contributed by atoms with E-state index < -0.39 is 0 Å². The van der Waals surface area contributed by atoms with Gasteiger partial charge in [-0.1, -0.05) is 11.6 Å². The Morgan fingerprint density at radius 3 is 2.72 bits per heavy atom. The Morgan fingerprint density at radius 1 is 1.28 bits per heavy atom. The van der Waals surface area contributed by atoms with Crippen molar-refractivity contribution in [3.05, 3.63) is 46.3 Å². The van der Waals surface area contributed by atoms with Crippen molar-refractivity contribution in [2.24, 2.45) is 0 Å². The van der Waals surface area contributed by atoms with E-state index in [1.54, 1.807) is 6.07 Å². The van der Waals surface area contributed by atoms with E-state index in [9.17, 15) is 4.79 Å². The lowest BCUT2D eigenvalue weighted by molar-refractivity contribution is 0.102. The van der Waals surface area contributed by atoms with Gasteiger partial charge in [0, 0.05) is 16.9 Å². The second-order valence-corrected chi connectivity index (χ2v) is 4.17. The van der Waals surface area contributed by atoms with Crippen molar-refractivity contribution in [1.29, 1.82) is 0 Å². The van der Waals surface area contributed by atoms with E-state index in [-0.39, 0.29) is 11.2 Å². The van der Waals surface area contributed by atoms with Gasteiger partial charge >= 0.3 is 0 Å². The van der Waals surface area contributed by atoms with Crippen molar-refractivity contribution in [2.45, 2.75) is 0 Å². The van der Waals surface area contributed by atoms with E-state index in [1.165, 1.54) is 24.4 Å². The Bertz CT molecular complexity index is 603. The zero-order valence-corrected chi connectivity index (χ0v) is 10.5. The summed E-state index contributed by atoms with van der Waals surface area (Å²) in [7, 11) is 0. The fourth-order valence-electron chi connectivity index (χ4n) is 1.33. The molecule has 1 aromatic heterocycles. The lowest BCUT2D eigenvalue weighted by Crippen LogP contribution is -2.15. The highest BCUT2D eigenvalue weighted by Gasteiger charge is 2.11. The van der Waals surface area contributed by atoms with E-state index >= 15 is 0 Å². The number of benzene rings is 1. The standard InChI is InChI=1S/C11H8Cl2N4O/c12-6-1-2-7(8(14)5-6)10(18)16-9-3-4-15-11(13)17-9/h1-5H,14H2,(H,15,16,17,18). The minimum atomic E-state index is -0.390. The molecule has 0 saturated carbocycles. The lowest BCUT2D eigenvalue weighted by atomic mass is 10.1. The fourth-order valence-corrected chi connectivity index (χ4v) is 1.66. The minimum Gasteiger partial charge on any atom is -0.398 e. The number of halogens is 2. The Morgan fingerprint density at radius 2 is 2.06 bits per heavy atom.